The molecule has 2 heterocycles. The van der Waals surface area contributed by atoms with Gasteiger partial charge in [-0.25, -0.2) is 8.42 Å². The first-order valence-electron chi connectivity index (χ1n) is 10.5. The highest BCUT2D eigenvalue weighted by Crippen LogP contribution is 2.20. The molecule has 1 aliphatic heterocycles. The summed E-state index contributed by atoms with van der Waals surface area (Å²) < 4.78 is 44.4. The molecule has 1 aliphatic rings. The van der Waals surface area contributed by atoms with Crippen molar-refractivity contribution in [2.45, 2.75) is 24.8 Å². The van der Waals surface area contributed by atoms with Crippen molar-refractivity contribution in [2.75, 3.05) is 32.9 Å². The number of nitrogens with one attached hydrogen (secondary N) is 2. The summed E-state index contributed by atoms with van der Waals surface area (Å²) in [6.07, 6.45) is 0.466. The molecule has 0 bridgehead atoms. The third-order valence-electron chi connectivity index (χ3n) is 4.94. The number of sulfonamides is 1. The minimum atomic E-state index is -3.75. The highest BCUT2D eigenvalue weighted by atomic mass is 32.2. The maximum atomic E-state index is 12.8. The minimum Gasteiger partial charge on any atom is -0.494 e. The molecule has 0 saturated carbocycles. The van der Waals surface area contributed by atoms with Crippen LogP contribution in [-0.4, -0.2) is 68.1 Å². The molecule has 11 nitrogen and oxygen atoms in total. The molecule has 2 N–H and O–H groups in total. The maximum absolute atomic E-state index is 12.8. The van der Waals surface area contributed by atoms with Gasteiger partial charge in [-0.2, -0.15) is 4.31 Å². The van der Waals surface area contributed by atoms with Crippen LogP contribution >= 0.6 is 0 Å². The number of amides is 2. The number of rotatable bonds is 8. The molecular weight excluding hydrogens is 452 g/mol. The Morgan fingerprint density at radius 3 is 2.39 bits per heavy atom. The molecular formula is C21H28N4O7S. The molecule has 0 spiro atoms. The molecule has 33 heavy (non-hydrogen) atoms. The van der Waals surface area contributed by atoms with Gasteiger partial charge < -0.3 is 18.8 Å². The van der Waals surface area contributed by atoms with Crippen LogP contribution in [0.25, 0.3) is 0 Å². The number of nitrogens with zero attached hydrogens (tertiary/aromatic N) is 2. The molecule has 12 heteroatoms. The summed E-state index contributed by atoms with van der Waals surface area (Å²) in [4.78, 5) is 24.8. The average Bonchev–Trinajstić information content (AvgIpc) is 3.21. The van der Waals surface area contributed by atoms with Gasteiger partial charge >= 0.3 is 0 Å². The van der Waals surface area contributed by atoms with Crippen LogP contribution in [0.2, 0.25) is 0 Å². The van der Waals surface area contributed by atoms with E-state index < -0.39 is 27.9 Å². The van der Waals surface area contributed by atoms with Gasteiger partial charge in [0.15, 0.2) is 6.10 Å². The standard InChI is InChI=1S/C21H28N4O7S/c1-4-31-16-5-7-17(8-6-16)32-15(2)20(26)22-23-21(27)19-13-18(14-24(19)3)33(28,29)25-9-11-30-12-10-25/h5-8,13-15H,4,9-12H2,1-3H3,(H,22,26)(H,23,27). The number of aryl methyl sites for hydroxylation is 1. The second-order valence-corrected chi connectivity index (χ2v) is 9.23. The van der Waals surface area contributed by atoms with Gasteiger partial charge in [-0.3, -0.25) is 20.4 Å². The molecule has 1 saturated heterocycles. The summed E-state index contributed by atoms with van der Waals surface area (Å²) >= 11 is 0. The van der Waals surface area contributed by atoms with Crippen LogP contribution in [-0.2, 0) is 26.6 Å². The average molecular weight is 481 g/mol. The molecule has 3 rings (SSSR count). The van der Waals surface area contributed by atoms with Crippen LogP contribution in [0.1, 0.15) is 24.3 Å². The predicted molar refractivity (Wildman–Crippen MR) is 118 cm³/mol. The van der Waals surface area contributed by atoms with Crippen LogP contribution in [0.15, 0.2) is 41.4 Å². The zero-order valence-corrected chi connectivity index (χ0v) is 19.6. The van der Waals surface area contributed by atoms with E-state index in [0.717, 1.165) is 0 Å². The fourth-order valence-electron chi connectivity index (χ4n) is 3.16. The summed E-state index contributed by atoms with van der Waals surface area (Å²) in [6, 6.07) is 8.07. The first kappa shape index (κ1) is 24.6. The predicted octanol–water partition coefficient (Wildman–Crippen LogP) is 0.673. The van der Waals surface area contributed by atoms with E-state index >= 15 is 0 Å². The van der Waals surface area contributed by atoms with Gasteiger partial charge in [-0.05, 0) is 44.2 Å². The molecule has 1 atom stereocenters. The van der Waals surface area contributed by atoms with Gasteiger partial charge in [-0.15, -0.1) is 0 Å². The van der Waals surface area contributed by atoms with E-state index in [0.29, 0.717) is 31.3 Å². The van der Waals surface area contributed by atoms with Gasteiger partial charge in [0.25, 0.3) is 11.8 Å². The van der Waals surface area contributed by atoms with Gasteiger partial charge in [0.1, 0.15) is 22.1 Å². The normalized spacial score (nSPS) is 15.5. The van der Waals surface area contributed by atoms with Crippen molar-refractivity contribution in [1.82, 2.24) is 19.7 Å². The van der Waals surface area contributed by atoms with Crippen molar-refractivity contribution in [2.24, 2.45) is 7.05 Å². The summed E-state index contributed by atoms with van der Waals surface area (Å²) in [7, 11) is -2.20. The Morgan fingerprint density at radius 2 is 1.76 bits per heavy atom. The van der Waals surface area contributed by atoms with Crippen LogP contribution in [0.3, 0.4) is 0 Å². The third kappa shape index (κ3) is 6.03. The lowest BCUT2D eigenvalue weighted by atomic mass is 10.3. The number of hydrogen-bond donors (Lipinski definition) is 2. The Hall–Kier alpha value is -3.09. The number of ether oxygens (including phenoxy) is 3. The van der Waals surface area contributed by atoms with Gasteiger partial charge in [0.05, 0.1) is 19.8 Å². The van der Waals surface area contributed by atoms with Crippen molar-refractivity contribution in [3.8, 4) is 11.5 Å². The van der Waals surface area contributed by atoms with E-state index in [1.165, 1.54) is 28.1 Å². The van der Waals surface area contributed by atoms with Crippen molar-refractivity contribution in [3.63, 3.8) is 0 Å². The zero-order chi connectivity index (χ0) is 24.0. The Labute approximate surface area is 192 Å². The van der Waals surface area contributed by atoms with Gasteiger partial charge in [0.2, 0.25) is 10.0 Å². The second-order valence-electron chi connectivity index (χ2n) is 7.30. The van der Waals surface area contributed by atoms with Crippen molar-refractivity contribution in [3.05, 3.63) is 42.2 Å². The van der Waals surface area contributed by atoms with Gasteiger partial charge in [0, 0.05) is 26.3 Å². The molecule has 180 valence electrons. The Balaban J connectivity index is 1.57. The largest absolute Gasteiger partial charge is 0.494 e. The molecule has 0 aliphatic carbocycles. The topological polar surface area (TPSA) is 128 Å². The van der Waals surface area contributed by atoms with Crippen molar-refractivity contribution >= 4 is 21.8 Å². The highest BCUT2D eigenvalue weighted by Gasteiger charge is 2.29. The lowest BCUT2D eigenvalue weighted by molar-refractivity contribution is -0.128. The van der Waals surface area contributed by atoms with E-state index in [1.54, 1.807) is 31.3 Å². The fourth-order valence-corrected chi connectivity index (χ4v) is 4.64. The zero-order valence-electron chi connectivity index (χ0n) is 18.7. The van der Waals surface area contributed by atoms with Gasteiger partial charge in [-0.1, -0.05) is 0 Å². The molecule has 2 amide bonds. The first-order valence-corrected chi connectivity index (χ1v) is 11.9. The molecule has 1 unspecified atom stereocenters. The fraction of sp³-hybridized carbons (Fsp3) is 0.429. The Kier molecular flexibility index (Phi) is 7.95. The number of carbonyl (C=O) groups is 2. The number of aromatic nitrogens is 1. The molecule has 0 radical (unpaired) electrons. The second kappa shape index (κ2) is 10.7. The smallest absolute Gasteiger partial charge is 0.286 e. The Bertz CT molecular complexity index is 1080. The van der Waals surface area contributed by atoms with Crippen LogP contribution in [0, 0.1) is 0 Å². The summed E-state index contributed by atoms with van der Waals surface area (Å²) in [5, 5.41) is 0. The molecule has 1 aromatic carbocycles. The number of carbonyl (C=O) groups excluding carboxylic acids is 2. The number of benzene rings is 1. The summed E-state index contributed by atoms with van der Waals surface area (Å²) in [6.45, 7) is 5.10. The van der Waals surface area contributed by atoms with Crippen LogP contribution in [0.4, 0.5) is 0 Å². The van der Waals surface area contributed by atoms with Crippen molar-refractivity contribution in [1.29, 1.82) is 0 Å². The number of hydrogen-bond acceptors (Lipinski definition) is 7. The monoisotopic (exact) mass is 480 g/mol. The summed E-state index contributed by atoms with van der Waals surface area (Å²) in [5.74, 6) is -0.0882. The lowest BCUT2D eigenvalue weighted by Crippen LogP contribution is -2.47. The van der Waals surface area contributed by atoms with E-state index in [4.69, 9.17) is 14.2 Å². The SMILES string of the molecule is CCOc1ccc(OC(C)C(=O)NNC(=O)c2cc(S(=O)(=O)N3CCOCC3)cn2C)cc1. The molecule has 1 fully saturated rings. The lowest BCUT2D eigenvalue weighted by Gasteiger charge is -2.25. The maximum Gasteiger partial charge on any atom is 0.286 e. The van der Waals surface area contributed by atoms with Crippen LogP contribution in [0.5, 0.6) is 11.5 Å². The van der Waals surface area contributed by atoms with E-state index in [-0.39, 0.29) is 23.7 Å². The Morgan fingerprint density at radius 1 is 1.12 bits per heavy atom. The van der Waals surface area contributed by atoms with Crippen molar-refractivity contribution < 1.29 is 32.2 Å². The number of hydrazine groups is 1. The number of morpholine rings is 1. The molecule has 1 aromatic heterocycles. The van der Waals surface area contributed by atoms with E-state index in [9.17, 15) is 18.0 Å². The highest BCUT2D eigenvalue weighted by molar-refractivity contribution is 7.89. The first-order chi connectivity index (χ1) is 15.7. The minimum absolute atomic E-state index is 0.00409. The molecule has 2 aromatic rings. The summed E-state index contributed by atoms with van der Waals surface area (Å²) in [5.41, 5.74) is 4.65. The van der Waals surface area contributed by atoms with E-state index in [1.807, 2.05) is 6.92 Å². The quantitative estimate of drug-likeness (QED) is 0.532. The third-order valence-corrected chi connectivity index (χ3v) is 6.80. The van der Waals surface area contributed by atoms with E-state index in [2.05, 4.69) is 10.9 Å². The van der Waals surface area contributed by atoms with Crippen LogP contribution < -0.4 is 20.3 Å².